The number of anilines is 1. The number of carbonyl (C=O) groups is 2. The van der Waals surface area contributed by atoms with Crippen molar-refractivity contribution in [3.8, 4) is 5.75 Å². The predicted molar refractivity (Wildman–Crippen MR) is 192 cm³/mol. The van der Waals surface area contributed by atoms with Crippen molar-refractivity contribution in [2.45, 2.75) is 72.0 Å². The Morgan fingerprint density at radius 3 is 2.29 bits per heavy atom. The van der Waals surface area contributed by atoms with Crippen molar-refractivity contribution in [1.29, 1.82) is 0 Å². The molecular formula is C35H42N6O5S2. The quantitative estimate of drug-likeness (QED) is 0.0297. The van der Waals surface area contributed by atoms with Gasteiger partial charge in [0.1, 0.15) is 22.2 Å². The molecule has 1 atom stereocenters. The van der Waals surface area contributed by atoms with Crippen molar-refractivity contribution < 1.29 is 23.8 Å². The van der Waals surface area contributed by atoms with Crippen molar-refractivity contribution in [1.82, 2.24) is 4.98 Å². The van der Waals surface area contributed by atoms with E-state index in [9.17, 15) is 9.59 Å². The molecule has 0 amide bonds. The van der Waals surface area contributed by atoms with E-state index in [1.54, 1.807) is 19.1 Å². The molecule has 1 unspecified atom stereocenters. The van der Waals surface area contributed by atoms with Crippen LogP contribution in [0.15, 0.2) is 87.7 Å². The molecule has 0 N–H and O–H groups in total. The first kappa shape index (κ1) is 36.3. The number of rotatable bonds is 20. The number of likely N-dealkylation sites (N-methyl/N-ethyl adjacent to an activating group) is 1. The Hall–Kier alpha value is -4.49. The lowest BCUT2D eigenvalue weighted by Gasteiger charge is -2.22. The number of nitrogens with zero attached hydrogens (tertiary/aromatic N) is 6. The molecule has 2 aromatic heterocycles. The molecule has 2 aromatic carbocycles. The van der Waals surface area contributed by atoms with E-state index in [1.807, 2.05) is 49.4 Å². The summed E-state index contributed by atoms with van der Waals surface area (Å²) in [6, 6.07) is 16.9. The zero-order valence-corrected chi connectivity index (χ0v) is 29.3. The summed E-state index contributed by atoms with van der Waals surface area (Å²) in [5, 5.41) is 18.7. The van der Waals surface area contributed by atoms with Crippen LogP contribution in [-0.2, 0) is 19.1 Å². The molecule has 0 radical (unpaired) electrons. The van der Waals surface area contributed by atoms with E-state index >= 15 is 0 Å². The summed E-state index contributed by atoms with van der Waals surface area (Å²) < 4.78 is 17.6. The molecule has 0 spiro atoms. The molecule has 0 saturated heterocycles. The molecule has 0 aliphatic rings. The van der Waals surface area contributed by atoms with Gasteiger partial charge in [0.25, 0.3) is 0 Å². The third kappa shape index (κ3) is 11.6. The van der Waals surface area contributed by atoms with Crippen molar-refractivity contribution in [2.75, 3.05) is 24.6 Å². The lowest BCUT2D eigenvalue weighted by Crippen LogP contribution is -2.27. The van der Waals surface area contributed by atoms with Gasteiger partial charge in [-0.3, -0.25) is 4.79 Å². The molecule has 0 fully saturated rings. The van der Waals surface area contributed by atoms with Gasteiger partial charge in [0, 0.05) is 31.1 Å². The summed E-state index contributed by atoms with van der Waals surface area (Å²) in [7, 11) is 0. The monoisotopic (exact) mass is 690 g/mol. The first-order valence-electron chi connectivity index (χ1n) is 16.2. The standard InChI is InChI=1S/C35H42N6O5S2/c1-5-9-10-11-12-13-33(46-32(43)7-3)45-28-20-16-26(17-21-28)37-39-30-24-29-34(48-30)36-35(47-29)40-38-25-14-18-27(19-15-25)41(8-4)22-23-44-31(42)6-2/h6,14-21,24,33H,2,5,7-13,22-23H2,1,3-4H3. The number of hydrogen-bond acceptors (Lipinski definition) is 13. The van der Waals surface area contributed by atoms with Crippen LogP contribution in [0.3, 0.4) is 0 Å². The number of carbonyl (C=O) groups excluding carboxylic acids is 2. The molecule has 0 bridgehead atoms. The highest BCUT2D eigenvalue weighted by atomic mass is 32.1. The van der Waals surface area contributed by atoms with Crippen LogP contribution < -0.4 is 9.64 Å². The number of fused-ring (bicyclic) bond motifs is 1. The smallest absolute Gasteiger partial charge is 0.330 e. The maximum absolute atomic E-state index is 11.9. The molecule has 0 saturated carbocycles. The Labute approximate surface area is 289 Å². The molecule has 0 aliphatic carbocycles. The van der Waals surface area contributed by atoms with Crippen molar-refractivity contribution in [3.63, 3.8) is 0 Å². The molecule has 0 aliphatic heterocycles. The number of thiazole rings is 1. The van der Waals surface area contributed by atoms with Crippen LogP contribution in [0.2, 0.25) is 0 Å². The number of esters is 2. The van der Waals surface area contributed by atoms with E-state index < -0.39 is 12.3 Å². The lowest BCUT2D eigenvalue weighted by molar-refractivity contribution is -0.164. The largest absolute Gasteiger partial charge is 0.461 e. The summed E-state index contributed by atoms with van der Waals surface area (Å²) in [6.45, 7) is 11.0. The summed E-state index contributed by atoms with van der Waals surface area (Å²) in [5.41, 5.74) is 2.38. The minimum Gasteiger partial charge on any atom is -0.461 e. The Morgan fingerprint density at radius 2 is 1.62 bits per heavy atom. The van der Waals surface area contributed by atoms with Gasteiger partial charge in [-0.05, 0) is 67.9 Å². The fourth-order valence-corrected chi connectivity index (χ4v) is 6.41. The minimum absolute atomic E-state index is 0.271. The summed E-state index contributed by atoms with van der Waals surface area (Å²) in [5.74, 6) is -0.0848. The predicted octanol–water partition coefficient (Wildman–Crippen LogP) is 10.8. The van der Waals surface area contributed by atoms with Gasteiger partial charge in [0.05, 0.1) is 22.6 Å². The molecule has 11 nitrogen and oxygen atoms in total. The van der Waals surface area contributed by atoms with E-state index in [0.29, 0.717) is 41.6 Å². The summed E-state index contributed by atoms with van der Waals surface area (Å²) in [6.07, 6.45) is 7.12. The van der Waals surface area contributed by atoms with Crippen LogP contribution in [0.5, 0.6) is 5.75 Å². The second-order valence-corrected chi connectivity index (χ2v) is 12.7. The first-order valence-corrected chi connectivity index (χ1v) is 17.9. The Kier molecular flexibility index (Phi) is 14.7. The van der Waals surface area contributed by atoms with Crippen molar-refractivity contribution in [3.05, 3.63) is 67.3 Å². The molecule has 4 aromatic rings. The second-order valence-electron chi connectivity index (χ2n) is 10.7. The number of hydrogen-bond donors (Lipinski definition) is 0. The van der Waals surface area contributed by atoms with E-state index in [0.717, 1.165) is 45.7 Å². The van der Waals surface area contributed by atoms with Gasteiger partial charge in [-0.25, -0.2) is 9.78 Å². The molecule has 13 heteroatoms. The third-order valence-electron chi connectivity index (χ3n) is 7.15. The summed E-state index contributed by atoms with van der Waals surface area (Å²) >= 11 is 2.86. The number of azo groups is 2. The van der Waals surface area contributed by atoms with Gasteiger partial charge in [0.15, 0.2) is 0 Å². The van der Waals surface area contributed by atoms with Gasteiger partial charge < -0.3 is 19.1 Å². The van der Waals surface area contributed by atoms with Crippen molar-refractivity contribution in [2.24, 2.45) is 20.5 Å². The van der Waals surface area contributed by atoms with Gasteiger partial charge in [-0.15, -0.1) is 20.5 Å². The first-order chi connectivity index (χ1) is 23.4. The fraction of sp³-hybridized carbons (Fsp3) is 0.400. The van der Waals surface area contributed by atoms with E-state index in [1.165, 1.54) is 41.9 Å². The average Bonchev–Trinajstić information content (AvgIpc) is 3.67. The highest BCUT2D eigenvalue weighted by Crippen LogP contribution is 2.39. The second kappa shape index (κ2) is 19.4. The van der Waals surface area contributed by atoms with E-state index in [2.05, 4.69) is 43.8 Å². The van der Waals surface area contributed by atoms with Crippen LogP contribution in [-0.4, -0.2) is 42.9 Å². The van der Waals surface area contributed by atoms with Gasteiger partial charge in [-0.2, -0.15) is 0 Å². The van der Waals surface area contributed by atoms with Crippen LogP contribution in [0.4, 0.5) is 27.2 Å². The zero-order chi connectivity index (χ0) is 34.1. The Bertz CT molecular complexity index is 1640. The van der Waals surface area contributed by atoms with Gasteiger partial charge >= 0.3 is 11.9 Å². The number of benzene rings is 2. The normalized spacial score (nSPS) is 12.1. The highest BCUT2D eigenvalue weighted by molar-refractivity contribution is 7.30. The number of aromatic nitrogens is 1. The topological polar surface area (TPSA) is 127 Å². The van der Waals surface area contributed by atoms with Crippen LogP contribution in [0.1, 0.15) is 65.7 Å². The maximum atomic E-state index is 11.9. The van der Waals surface area contributed by atoms with Gasteiger partial charge in [-0.1, -0.05) is 68.8 Å². The fourth-order valence-electron chi connectivity index (χ4n) is 4.56. The van der Waals surface area contributed by atoms with Gasteiger partial charge in [0.2, 0.25) is 11.4 Å². The Balaban J connectivity index is 1.29. The molecule has 4 rings (SSSR count). The van der Waals surface area contributed by atoms with Crippen LogP contribution in [0, 0.1) is 0 Å². The minimum atomic E-state index is -0.604. The van der Waals surface area contributed by atoms with E-state index in [-0.39, 0.29) is 12.6 Å². The number of ether oxygens (including phenoxy) is 3. The van der Waals surface area contributed by atoms with E-state index in [4.69, 9.17) is 14.2 Å². The number of unbranched alkanes of at least 4 members (excludes halogenated alkanes) is 4. The summed E-state index contributed by atoms with van der Waals surface area (Å²) in [4.78, 5) is 30.7. The zero-order valence-electron chi connectivity index (χ0n) is 27.7. The maximum Gasteiger partial charge on any atom is 0.330 e. The van der Waals surface area contributed by atoms with Crippen molar-refractivity contribution >= 4 is 71.3 Å². The molecule has 48 heavy (non-hydrogen) atoms. The highest BCUT2D eigenvalue weighted by Gasteiger charge is 2.15. The lowest BCUT2D eigenvalue weighted by atomic mass is 10.1. The molecular weight excluding hydrogens is 649 g/mol. The third-order valence-corrected chi connectivity index (χ3v) is 9.08. The number of thiophene rings is 1. The Morgan fingerprint density at radius 1 is 0.917 bits per heavy atom. The SMILES string of the molecule is C=CC(=O)OCCN(CC)c1ccc(N=Nc2nc3sc(N=Nc4ccc(OC(CCCCCCC)OC(=O)CC)cc4)cc3s2)cc1. The van der Waals surface area contributed by atoms with Crippen LogP contribution in [0.25, 0.3) is 9.53 Å². The molecule has 2 heterocycles. The van der Waals surface area contributed by atoms with Crippen LogP contribution >= 0.6 is 22.7 Å². The average molecular weight is 691 g/mol. The molecule has 254 valence electrons.